The van der Waals surface area contributed by atoms with E-state index in [-0.39, 0.29) is 11.0 Å². The summed E-state index contributed by atoms with van der Waals surface area (Å²) in [5, 5.41) is 3.88. The van der Waals surface area contributed by atoms with Gasteiger partial charge in [0.1, 0.15) is 27.2 Å². The van der Waals surface area contributed by atoms with E-state index >= 15 is 0 Å². The SMILES string of the molecule is CCOC(=O)c1sc2nc(C)nc(Nc3ccc(F)c(Cl)c3)c2c1C. The lowest BCUT2D eigenvalue weighted by Crippen LogP contribution is -2.04. The second-order valence-electron chi connectivity index (χ2n) is 5.33. The zero-order valence-electron chi connectivity index (χ0n) is 13.8. The molecule has 0 bridgehead atoms. The van der Waals surface area contributed by atoms with Gasteiger partial charge in [-0.2, -0.15) is 0 Å². The van der Waals surface area contributed by atoms with E-state index in [1.165, 1.54) is 23.5 Å². The summed E-state index contributed by atoms with van der Waals surface area (Å²) in [5.74, 6) is 0.221. The first-order chi connectivity index (χ1) is 11.9. The highest BCUT2D eigenvalue weighted by molar-refractivity contribution is 7.20. The Kier molecular flexibility index (Phi) is 4.87. The van der Waals surface area contributed by atoms with Crippen molar-refractivity contribution >= 4 is 50.6 Å². The fraction of sp³-hybridized carbons (Fsp3) is 0.235. The molecule has 1 N–H and O–H groups in total. The fourth-order valence-corrected chi connectivity index (χ4v) is 3.74. The average molecular weight is 380 g/mol. The zero-order valence-corrected chi connectivity index (χ0v) is 15.4. The molecule has 0 aliphatic heterocycles. The molecule has 3 aromatic rings. The molecule has 0 aliphatic carbocycles. The number of aryl methyl sites for hydroxylation is 2. The molecule has 130 valence electrons. The third kappa shape index (κ3) is 3.43. The van der Waals surface area contributed by atoms with Crippen LogP contribution in [0.5, 0.6) is 0 Å². The van der Waals surface area contributed by atoms with Gasteiger partial charge < -0.3 is 10.1 Å². The summed E-state index contributed by atoms with van der Waals surface area (Å²) in [5.41, 5.74) is 1.34. The van der Waals surface area contributed by atoms with E-state index in [2.05, 4.69) is 15.3 Å². The fourth-order valence-electron chi connectivity index (χ4n) is 2.44. The first-order valence-electron chi connectivity index (χ1n) is 7.57. The number of nitrogens with zero attached hydrogens (tertiary/aromatic N) is 2. The summed E-state index contributed by atoms with van der Waals surface area (Å²) < 4.78 is 18.4. The number of halogens is 2. The Hall–Kier alpha value is -2.25. The van der Waals surface area contributed by atoms with Crippen LogP contribution in [0.3, 0.4) is 0 Å². The maximum absolute atomic E-state index is 13.3. The van der Waals surface area contributed by atoms with Crippen LogP contribution in [0.15, 0.2) is 18.2 Å². The number of ether oxygens (including phenoxy) is 1. The maximum Gasteiger partial charge on any atom is 0.348 e. The normalized spacial score (nSPS) is 10.9. The lowest BCUT2D eigenvalue weighted by molar-refractivity contribution is 0.0531. The van der Waals surface area contributed by atoms with Crippen LogP contribution in [0.1, 0.15) is 28.0 Å². The van der Waals surface area contributed by atoms with Crippen molar-refractivity contribution in [2.75, 3.05) is 11.9 Å². The van der Waals surface area contributed by atoms with Gasteiger partial charge in [-0.1, -0.05) is 11.6 Å². The lowest BCUT2D eigenvalue weighted by atomic mass is 10.2. The molecule has 8 heteroatoms. The summed E-state index contributed by atoms with van der Waals surface area (Å²) in [6.07, 6.45) is 0. The molecule has 0 spiro atoms. The number of hydrogen-bond acceptors (Lipinski definition) is 6. The molecule has 1 aromatic carbocycles. The molecule has 3 rings (SSSR count). The van der Waals surface area contributed by atoms with Crippen LogP contribution in [0.2, 0.25) is 5.02 Å². The topological polar surface area (TPSA) is 64.1 Å². The van der Waals surface area contributed by atoms with Crippen molar-refractivity contribution in [1.82, 2.24) is 9.97 Å². The van der Waals surface area contributed by atoms with Crippen molar-refractivity contribution in [2.45, 2.75) is 20.8 Å². The van der Waals surface area contributed by atoms with Crippen LogP contribution < -0.4 is 5.32 Å². The van der Waals surface area contributed by atoms with Gasteiger partial charge in [0.15, 0.2) is 0 Å². The van der Waals surface area contributed by atoms with Crippen LogP contribution in [0.4, 0.5) is 15.9 Å². The second-order valence-corrected chi connectivity index (χ2v) is 6.74. The number of hydrogen-bond donors (Lipinski definition) is 1. The molecule has 2 aromatic heterocycles. The summed E-state index contributed by atoms with van der Waals surface area (Å²) in [6, 6.07) is 4.33. The molecular weight excluding hydrogens is 365 g/mol. The van der Waals surface area contributed by atoms with Crippen LogP contribution in [0.25, 0.3) is 10.2 Å². The molecule has 0 atom stereocenters. The van der Waals surface area contributed by atoms with Gasteiger partial charge in [0, 0.05) is 5.69 Å². The Balaban J connectivity index is 2.10. The van der Waals surface area contributed by atoms with E-state index in [1.54, 1.807) is 19.9 Å². The van der Waals surface area contributed by atoms with E-state index in [1.807, 2.05) is 6.92 Å². The molecule has 0 saturated carbocycles. The monoisotopic (exact) mass is 379 g/mol. The maximum atomic E-state index is 13.3. The summed E-state index contributed by atoms with van der Waals surface area (Å²) >= 11 is 7.10. The minimum Gasteiger partial charge on any atom is -0.462 e. The van der Waals surface area contributed by atoms with Gasteiger partial charge in [0.05, 0.1) is 17.0 Å². The van der Waals surface area contributed by atoms with Crippen molar-refractivity contribution in [3.05, 3.63) is 45.3 Å². The smallest absolute Gasteiger partial charge is 0.348 e. The van der Waals surface area contributed by atoms with Crippen LogP contribution in [0, 0.1) is 19.7 Å². The third-order valence-corrected chi connectivity index (χ3v) is 5.00. The molecule has 0 fully saturated rings. The second kappa shape index (κ2) is 6.93. The van der Waals surface area contributed by atoms with Gasteiger partial charge in [-0.3, -0.25) is 0 Å². The highest BCUT2D eigenvalue weighted by atomic mass is 35.5. The van der Waals surface area contributed by atoms with Gasteiger partial charge >= 0.3 is 5.97 Å². The molecule has 2 heterocycles. The van der Waals surface area contributed by atoms with E-state index in [9.17, 15) is 9.18 Å². The quantitative estimate of drug-likeness (QED) is 0.645. The van der Waals surface area contributed by atoms with E-state index in [4.69, 9.17) is 16.3 Å². The highest BCUT2D eigenvalue weighted by Crippen LogP contribution is 2.35. The third-order valence-electron chi connectivity index (χ3n) is 3.55. The number of carbonyl (C=O) groups excluding carboxylic acids is 1. The van der Waals surface area contributed by atoms with Crippen molar-refractivity contribution in [3.8, 4) is 0 Å². The van der Waals surface area contributed by atoms with Crippen LogP contribution in [-0.4, -0.2) is 22.5 Å². The zero-order chi connectivity index (χ0) is 18.1. The molecule has 5 nitrogen and oxygen atoms in total. The average Bonchev–Trinajstić information content (AvgIpc) is 2.88. The minimum absolute atomic E-state index is 0.0151. The van der Waals surface area contributed by atoms with Gasteiger partial charge in [-0.05, 0) is 44.5 Å². The molecule has 0 amide bonds. The van der Waals surface area contributed by atoms with Crippen molar-refractivity contribution < 1.29 is 13.9 Å². The number of thiophene rings is 1. The van der Waals surface area contributed by atoms with E-state index in [0.29, 0.717) is 33.6 Å². The Morgan fingerprint density at radius 2 is 2.12 bits per heavy atom. The van der Waals surface area contributed by atoms with Gasteiger partial charge in [-0.25, -0.2) is 19.2 Å². The van der Waals surface area contributed by atoms with Crippen molar-refractivity contribution in [1.29, 1.82) is 0 Å². The summed E-state index contributed by atoms with van der Waals surface area (Å²) in [4.78, 5) is 22.1. The molecule has 0 aliphatic rings. The predicted molar refractivity (Wildman–Crippen MR) is 97.5 cm³/mol. The number of rotatable bonds is 4. The van der Waals surface area contributed by atoms with Gasteiger partial charge in [0.2, 0.25) is 0 Å². The van der Waals surface area contributed by atoms with Crippen LogP contribution in [-0.2, 0) is 4.74 Å². The molecule has 0 saturated heterocycles. The van der Waals surface area contributed by atoms with Crippen molar-refractivity contribution in [2.24, 2.45) is 0 Å². The molecule has 0 unspecified atom stereocenters. The molecular formula is C17H15ClFN3O2S. The van der Waals surface area contributed by atoms with E-state index < -0.39 is 5.82 Å². The Morgan fingerprint density at radius 1 is 1.36 bits per heavy atom. The van der Waals surface area contributed by atoms with Crippen molar-refractivity contribution in [3.63, 3.8) is 0 Å². The Labute approximate surface area is 152 Å². The first-order valence-corrected chi connectivity index (χ1v) is 8.77. The number of nitrogens with one attached hydrogen (secondary N) is 1. The van der Waals surface area contributed by atoms with Crippen LogP contribution >= 0.6 is 22.9 Å². The summed E-state index contributed by atoms with van der Waals surface area (Å²) in [7, 11) is 0. The molecule has 0 radical (unpaired) electrons. The standard InChI is InChI=1S/C17H15ClFN3O2S/c1-4-24-17(23)14-8(2)13-15(20-9(3)21-16(13)25-14)22-10-5-6-12(19)11(18)7-10/h5-7H,4H2,1-3H3,(H,20,21,22). The lowest BCUT2D eigenvalue weighted by Gasteiger charge is -2.09. The number of esters is 1. The number of benzene rings is 1. The highest BCUT2D eigenvalue weighted by Gasteiger charge is 2.21. The van der Waals surface area contributed by atoms with Gasteiger partial charge in [-0.15, -0.1) is 11.3 Å². The minimum atomic E-state index is -0.493. The number of anilines is 2. The Morgan fingerprint density at radius 3 is 2.80 bits per heavy atom. The number of fused-ring (bicyclic) bond motifs is 1. The van der Waals surface area contributed by atoms with E-state index in [0.717, 1.165) is 10.9 Å². The largest absolute Gasteiger partial charge is 0.462 e. The molecule has 25 heavy (non-hydrogen) atoms. The van der Waals surface area contributed by atoms with Gasteiger partial charge in [0.25, 0.3) is 0 Å². The predicted octanol–water partition coefficient (Wildman–Crippen LogP) is 5.02. The first kappa shape index (κ1) is 17.6. The summed E-state index contributed by atoms with van der Waals surface area (Å²) in [6.45, 7) is 5.65. The Bertz CT molecular complexity index is 974. The number of carbonyl (C=O) groups is 1. The number of aromatic nitrogens is 2.